The first kappa shape index (κ1) is 33.0. The van der Waals surface area contributed by atoms with Gasteiger partial charge in [0.2, 0.25) is 0 Å². The lowest BCUT2D eigenvalue weighted by Crippen LogP contribution is -2.22. The minimum atomic E-state index is -1.03. The number of nitrogens with zero attached hydrogens (tertiary/aromatic N) is 2. The van der Waals surface area contributed by atoms with Crippen LogP contribution >= 0.6 is 24.0 Å². The smallest absolute Gasteiger partial charge is 0.335 e. The van der Waals surface area contributed by atoms with Crippen LogP contribution in [0.2, 0.25) is 5.02 Å². The fourth-order valence-electron chi connectivity index (χ4n) is 6.09. The van der Waals surface area contributed by atoms with E-state index in [1.165, 1.54) is 6.07 Å². The molecule has 5 aromatic rings. The Bertz CT molecular complexity index is 1890. The molecule has 0 spiro atoms. The molecule has 1 aromatic heterocycles. The number of ether oxygens (including phenoxy) is 1. The summed E-state index contributed by atoms with van der Waals surface area (Å²) in [6, 6.07) is 22.6. The number of carbonyl (C=O) groups is 2. The summed E-state index contributed by atoms with van der Waals surface area (Å²) < 4.78 is 24.1. The number of carboxylic acids is 1. The zero-order valence-electron chi connectivity index (χ0n) is 25.3. The van der Waals surface area contributed by atoms with Gasteiger partial charge < -0.3 is 19.7 Å². The number of rotatable bonds is 9. The third-order valence-electron chi connectivity index (χ3n) is 8.31. The highest BCUT2D eigenvalue weighted by molar-refractivity contribution is 6.30. The highest BCUT2D eigenvalue weighted by atomic mass is 35.5. The summed E-state index contributed by atoms with van der Waals surface area (Å²) in [5.74, 6) is -0.909. The van der Waals surface area contributed by atoms with E-state index in [9.17, 15) is 14.7 Å². The van der Waals surface area contributed by atoms with E-state index in [0.29, 0.717) is 39.8 Å². The first-order chi connectivity index (χ1) is 21.8. The van der Waals surface area contributed by atoms with E-state index >= 15 is 4.39 Å². The molecule has 2 N–H and O–H groups in total. The number of benzene rings is 4. The van der Waals surface area contributed by atoms with Gasteiger partial charge in [0.05, 0.1) is 22.2 Å². The van der Waals surface area contributed by atoms with Gasteiger partial charge in [0.15, 0.2) is 0 Å². The molecule has 1 amide bonds. The molecule has 10 heteroatoms. The monoisotopic (exact) mass is 661 g/mol. The molecule has 46 heavy (non-hydrogen) atoms. The molecule has 7 nitrogen and oxygen atoms in total. The van der Waals surface area contributed by atoms with Crippen LogP contribution in [0.25, 0.3) is 33.5 Å². The van der Waals surface area contributed by atoms with Gasteiger partial charge in [-0.05, 0) is 91.1 Å². The molecule has 0 aliphatic heterocycles. The number of amides is 1. The van der Waals surface area contributed by atoms with Crippen LogP contribution in [-0.2, 0) is 6.61 Å². The molecule has 1 aliphatic carbocycles. The molecule has 6 rings (SSSR count). The molecular formula is C36H34Cl2FN3O4. The van der Waals surface area contributed by atoms with E-state index in [1.54, 1.807) is 54.6 Å². The molecule has 0 radical (unpaired) electrons. The van der Waals surface area contributed by atoms with E-state index < -0.39 is 11.8 Å². The number of hydrogen-bond donors (Lipinski definition) is 2. The number of aromatic nitrogens is 2. The molecule has 1 fully saturated rings. The third-order valence-corrected chi connectivity index (χ3v) is 8.56. The lowest BCUT2D eigenvalue weighted by Gasteiger charge is -2.25. The summed E-state index contributed by atoms with van der Waals surface area (Å²) in [5.41, 5.74) is 4.83. The van der Waals surface area contributed by atoms with Gasteiger partial charge in [0.25, 0.3) is 5.91 Å². The quantitative estimate of drug-likeness (QED) is 0.164. The van der Waals surface area contributed by atoms with Gasteiger partial charge in [0.1, 0.15) is 24.0 Å². The Morgan fingerprint density at radius 1 is 0.957 bits per heavy atom. The number of aromatic carboxylic acids is 1. The second kappa shape index (κ2) is 14.4. The van der Waals surface area contributed by atoms with Crippen LogP contribution in [0.5, 0.6) is 5.75 Å². The predicted octanol–water partition coefficient (Wildman–Crippen LogP) is 9.12. The van der Waals surface area contributed by atoms with Crippen molar-refractivity contribution in [3.63, 3.8) is 0 Å². The summed E-state index contributed by atoms with van der Waals surface area (Å²) in [6.07, 6.45) is 5.21. The number of carbonyl (C=O) groups excluding carboxylic acids is 1. The molecule has 1 aliphatic rings. The Hall–Kier alpha value is -4.40. The SMILES string of the molecule is CCNC(=O)c1ccc(-c2ccc(Cl)cc2)c(COc2ccc(-c3nc4cc(C(=O)O)ccc4n3C3CCCCC3)c(F)c2)c1.Cl. The lowest BCUT2D eigenvalue weighted by atomic mass is 9.94. The highest BCUT2D eigenvalue weighted by Crippen LogP contribution is 2.38. The van der Waals surface area contributed by atoms with Crippen molar-refractivity contribution in [1.82, 2.24) is 14.9 Å². The average molecular weight is 663 g/mol. The number of nitrogens with one attached hydrogen (secondary N) is 1. The third kappa shape index (κ3) is 6.88. The van der Waals surface area contributed by atoms with E-state index in [-0.39, 0.29) is 36.5 Å². The van der Waals surface area contributed by atoms with Crippen LogP contribution in [0.3, 0.4) is 0 Å². The van der Waals surface area contributed by atoms with Crippen molar-refractivity contribution in [2.45, 2.75) is 51.7 Å². The molecule has 1 heterocycles. The van der Waals surface area contributed by atoms with Gasteiger partial charge >= 0.3 is 5.97 Å². The van der Waals surface area contributed by atoms with Crippen molar-refractivity contribution < 1.29 is 23.8 Å². The van der Waals surface area contributed by atoms with E-state index in [1.807, 2.05) is 25.1 Å². The maximum absolute atomic E-state index is 15.9. The van der Waals surface area contributed by atoms with Crippen molar-refractivity contribution in [1.29, 1.82) is 0 Å². The summed E-state index contributed by atoms with van der Waals surface area (Å²) in [5, 5.41) is 13.0. The van der Waals surface area contributed by atoms with Crippen LogP contribution in [-0.4, -0.2) is 33.1 Å². The van der Waals surface area contributed by atoms with Gasteiger partial charge in [-0.25, -0.2) is 14.2 Å². The number of fused-ring (bicyclic) bond motifs is 1. The first-order valence-corrected chi connectivity index (χ1v) is 15.5. The summed E-state index contributed by atoms with van der Waals surface area (Å²) in [4.78, 5) is 29.0. The van der Waals surface area contributed by atoms with Crippen LogP contribution in [0.4, 0.5) is 4.39 Å². The number of halogens is 3. The zero-order chi connectivity index (χ0) is 31.5. The van der Waals surface area contributed by atoms with Crippen molar-refractivity contribution in [3.05, 3.63) is 106 Å². The zero-order valence-corrected chi connectivity index (χ0v) is 26.8. The van der Waals surface area contributed by atoms with Crippen molar-refractivity contribution in [2.24, 2.45) is 0 Å². The number of hydrogen-bond acceptors (Lipinski definition) is 4. The fourth-order valence-corrected chi connectivity index (χ4v) is 6.21. The topological polar surface area (TPSA) is 93.4 Å². The minimum Gasteiger partial charge on any atom is -0.489 e. The first-order valence-electron chi connectivity index (χ1n) is 15.2. The van der Waals surface area contributed by atoms with Crippen molar-refractivity contribution in [3.8, 4) is 28.3 Å². The molecular weight excluding hydrogens is 628 g/mol. The minimum absolute atomic E-state index is 0. The van der Waals surface area contributed by atoms with E-state index in [4.69, 9.17) is 21.3 Å². The van der Waals surface area contributed by atoms with Crippen LogP contribution in [0.1, 0.15) is 71.3 Å². The second-order valence-corrected chi connectivity index (χ2v) is 11.7. The lowest BCUT2D eigenvalue weighted by molar-refractivity contribution is 0.0696. The van der Waals surface area contributed by atoms with Crippen molar-refractivity contribution >= 4 is 46.9 Å². The summed E-state index contributed by atoms with van der Waals surface area (Å²) in [7, 11) is 0. The summed E-state index contributed by atoms with van der Waals surface area (Å²) >= 11 is 6.11. The Morgan fingerprint density at radius 3 is 2.37 bits per heavy atom. The number of carboxylic acid groups (broad SMARTS) is 1. The van der Waals surface area contributed by atoms with E-state index in [0.717, 1.165) is 54.3 Å². The number of imidazole rings is 1. The highest BCUT2D eigenvalue weighted by Gasteiger charge is 2.25. The summed E-state index contributed by atoms with van der Waals surface area (Å²) in [6.45, 7) is 2.47. The maximum atomic E-state index is 15.9. The van der Waals surface area contributed by atoms with Crippen molar-refractivity contribution in [2.75, 3.05) is 6.54 Å². The Morgan fingerprint density at radius 2 is 1.67 bits per heavy atom. The van der Waals surface area contributed by atoms with Gasteiger partial charge in [-0.2, -0.15) is 0 Å². The molecule has 238 valence electrons. The average Bonchev–Trinajstić information content (AvgIpc) is 3.43. The van der Waals surface area contributed by atoms with Crippen LogP contribution in [0.15, 0.2) is 78.9 Å². The molecule has 0 bridgehead atoms. The molecule has 0 unspecified atom stereocenters. The Balaban J connectivity index is 0.00000417. The standard InChI is InChI=1S/C36H33ClFN3O4.ClH/c1-2-39-35(42)23-10-15-29(22-8-12-26(37)13-9-22)25(18-23)21-45-28-14-16-30(31(38)20-28)34-40-32-19-24(36(43)44)11-17-33(32)41(34)27-6-4-3-5-7-27;/h8-20,27H,2-7,21H2,1H3,(H,39,42)(H,43,44);1H. The van der Waals surface area contributed by atoms with Gasteiger partial charge in [-0.3, -0.25) is 4.79 Å². The van der Waals surface area contributed by atoms with Crippen LogP contribution in [0, 0.1) is 5.82 Å². The van der Waals surface area contributed by atoms with E-state index in [2.05, 4.69) is 9.88 Å². The maximum Gasteiger partial charge on any atom is 0.335 e. The predicted molar refractivity (Wildman–Crippen MR) is 181 cm³/mol. The van der Waals surface area contributed by atoms with Gasteiger partial charge in [-0.15, -0.1) is 12.4 Å². The molecule has 1 saturated carbocycles. The largest absolute Gasteiger partial charge is 0.489 e. The second-order valence-electron chi connectivity index (χ2n) is 11.3. The molecule has 4 aromatic carbocycles. The molecule has 0 saturated heterocycles. The Kier molecular flexibility index (Phi) is 10.3. The van der Waals surface area contributed by atoms with Gasteiger partial charge in [0, 0.05) is 29.2 Å². The van der Waals surface area contributed by atoms with Crippen LogP contribution < -0.4 is 10.1 Å². The van der Waals surface area contributed by atoms with Gasteiger partial charge in [-0.1, -0.05) is 49.1 Å². The normalized spacial score (nSPS) is 13.3. The Labute approximate surface area is 277 Å². The molecule has 0 atom stereocenters. The fraction of sp³-hybridized carbons (Fsp3) is 0.250.